The van der Waals surface area contributed by atoms with Gasteiger partial charge in [-0.15, -0.1) is 15.3 Å². The smallest absolute Gasteiger partial charge is 0.209 e. The molecule has 0 bridgehead atoms. The van der Waals surface area contributed by atoms with Gasteiger partial charge < -0.3 is 4.74 Å². The first-order valence-corrected chi connectivity index (χ1v) is 3.38. The fourth-order valence-corrected chi connectivity index (χ4v) is 0.763. The molecule has 1 aliphatic heterocycles. The van der Waals surface area contributed by atoms with Crippen molar-refractivity contribution in [2.24, 2.45) is 5.10 Å². The van der Waals surface area contributed by atoms with Crippen LogP contribution in [0.4, 0.5) is 0 Å². The summed E-state index contributed by atoms with van der Waals surface area (Å²) in [7, 11) is 1.56. The third-order valence-corrected chi connectivity index (χ3v) is 1.27. The SMILES string of the molecule is COC1=CC(C)=NN(NCl)N1.[Na]. The van der Waals surface area contributed by atoms with Crippen molar-refractivity contribution in [2.45, 2.75) is 6.92 Å². The van der Waals surface area contributed by atoms with Crippen molar-refractivity contribution in [1.82, 2.24) is 15.6 Å². The van der Waals surface area contributed by atoms with Crippen LogP contribution in [0.15, 0.2) is 17.1 Å². The van der Waals surface area contributed by atoms with Crippen molar-refractivity contribution in [3.63, 3.8) is 0 Å². The first-order chi connectivity index (χ1) is 5.26. The Morgan fingerprint density at radius 1 is 1.75 bits per heavy atom. The number of allylic oxidation sites excluding steroid dienone is 1. The number of ether oxygens (including phenoxy) is 1. The van der Waals surface area contributed by atoms with Gasteiger partial charge in [0.25, 0.3) is 0 Å². The Labute approximate surface area is 98.1 Å². The third kappa shape index (κ3) is 3.20. The summed E-state index contributed by atoms with van der Waals surface area (Å²) in [5.74, 6) is 0.589. The summed E-state index contributed by atoms with van der Waals surface area (Å²) >= 11 is 5.29. The fourth-order valence-electron chi connectivity index (χ4n) is 0.683. The molecular weight excluding hydrogens is 191 g/mol. The molecule has 63 valence electrons. The molecule has 2 N–H and O–H groups in total. The van der Waals surface area contributed by atoms with Crippen molar-refractivity contribution in [1.29, 1.82) is 0 Å². The van der Waals surface area contributed by atoms with Crippen LogP contribution in [0, 0.1) is 0 Å². The van der Waals surface area contributed by atoms with Gasteiger partial charge in [-0.1, -0.05) is 0 Å². The van der Waals surface area contributed by atoms with E-state index in [1.807, 2.05) is 6.92 Å². The quantitative estimate of drug-likeness (QED) is 0.484. The Balaban J connectivity index is 0.00000121. The topological polar surface area (TPSA) is 48.9 Å². The van der Waals surface area contributed by atoms with E-state index in [9.17, 15) is 0 Å². The fraction of sp³-hybridized carbons (Fsp3) is 0.400. The largest absolute Gasteiger partial charge is 0.481 e. The first-order valence-electron chi connectivity index (χ1n) is 3.00. The number of hydrazone groups is 1. The molecule has 0 amide bonds. The van der Waals surface area contributed by atoms with Crippen LogP contribution in [0.3, 0.4) is 0 Å². The number of methoxy groups -OCH3 is 1. The standard InChI is InChI=1S/C5H9ClN4O.Na/c1-4-3-5(11-2)8-10(7-4)9-6;/h3,8-9H,1-2H3;. The van der Waals surface area contributed by atoms with Crippen molar-refractivity contribution in [2.75, 3.05) is 7.11 Å². The van der Waals surface area contributed by atoms with Crippen molar-refractivity contribution < 1.29 is 4.74 Å². The minimum Gasteiger partial charge on any atom is -0.481 e. The van der Waals surface area contributed by atoms with E-state index in [0.29, 0.717) is 5.88 Å². The molecule has 12 heavy (non-hydrogen) atoms. The van der Waals surface area contributed by atoms with E-state index in [1.54, 1.807) is 13.2 Å². The maximum absolute atomic E-state index is 5.29. The number of hydrogen-bond donors (Lipinski definition) is 2. The Kier molecular flexibility index (Phi) is 5.69. The van der Waals surface area contributed by atoms with Crippen molar-refractivity contribution in [3.8, 4) is 0 Å². The Hall–Kier alpha value is 0.0600. The summed E-state index contributed by atoms with van der Waals surface area (Å²) in [5.41, 5.74) is 3.52. The summed E-state index contributed by atoms with van der Waals surface area (Å²) < 4.78 is 4.92. The molecule has 1 heterocycles. The van der Waals surface area contributed by atoms with Crippen LogP contribution in [-0.2, 0) is 4.74 Å². The van der Waals surface area contributed by atoms with Crippen molar-refractivity contribution >= 4 is 47.0 Å². The minimum atomic E-state index is 0. The zero-order valence-corrected chi connectivity index (χ0v) is 10.0. The average Bonchev–Trinajstić information content (AvgIpc) is 2.03. The molecule has 1 rings (SSSR count). The number of rotatable bonds is 2. The summed E-state index contributed by atoms with van der Waals surface area (Å²) in [5, 5.41) is 5.18. The molecule has 0 aromatic carbocycles. The minimum absolute atomic E-state index is 0. The van der Waals surface area contributed by atoms with E-state index >= 15 is 0 Å². The van der Waals surface area contributed by atoms with E-state index in [0.717, 1.165) is 5.71 Å². The van der Waals surface area contributed by atoms with Crippen LogP contribution in [-0.4, -0.2) is 47.6 Å². The third-order valence-electron chi connectivity index (χ3n) is 1.11. The summed E-state index contributed by atoms with van der Waals surface area (Å²) in [6, 6.07) is 0. The number of hydrazine groups is 2. The predicted molar refractivity (Wildman–Crippen MR) is 47.9 cm³/mol. The maximum atomic E-state index is 5.29. The molecule has 0 fully saturated rings. The second kappa shape index (κ2) is 5.66. The number of halogens is 1. The summed E-state index contributed by atoms with van der Waals surface area (Å²) in [4.78, 5) is 2.28. The van der Waals surface area contributed by atoms with Crippen LogP contribution in [0.5, 0.6) is 0 Å². The summed E-state index contributed by atoms with van der Waals surface area (Å²) in [6.45, 7) is 1.83. The number of nitrogens with one attached hydrogen (secondary N) is 2. The Morgan fingerprint density at radius 2 is 2.42 bits per heavy atom. The summed E-state index contributed by atoms with van der Waals surface area (Å²) in [6.07, 6.45) is 1.75. The molecule has 0 aromatic heterocycles. The van der Waals surface area contributed by atoms with Gasteiger partial charge in [-0.2, -0.15) is 0 Å². The molecule has 0 saturated heterocycles. The van der Waals surface area contributed by atoms with Crippen LogP contribution in [0.25, 0.3) is 0 Å². The number of nitrogens with zero attached hydrogens (tertiary/aromatic N) is 2. The van der Waals surface area contributed by atoms with Crippen LogP contribution in [0.2, 0.25) is 0 Å². The average molecular weight is 200 g/mol. The zero-order chi connectivity index (χ0) is 8.27. The van der Waals surface area contributed by atoms with Gasteiger partial charge in [0.1, 0.15) is 0 Å². The molecule has 0 spiro atoms. The van der Waals surface area contributed by atoms with E-state index < -0.39 is 0 Å². The van der Waals surface area contributed by atoms with E-state index in [-0.39, 0.29) is 29.6 Å². The van der Waals surface area contributed by atoms with Crippen molar-refractivity contribution in [3.05, 3.63) is 12.0 Å². The molecule has 0 unspecified atom stereocenters. The monoisotopic (exact) mass is 199 g/mol. The zero-order valence-electron chi connectivity index (χ0n) is 7.26. The van der Waals surface area contributed by atoms with Gasteiger partial charge in [-0.25, -0.2) is 5.43 Å². The molecule has 0 atom stereocenters. The number of hydrogen-bond acceptors (Lipinski definition) is 5. The van der Waals surface area contributed by atoms with E-state index in [2.05, 4.69) is 15.5 Å². The van der Waals surface area contributed by atoms with Gasteiger partial charge >= 0.3 is 0 Å². The second-order valence-electron chi connectivity index (χ2n) is 1.96. The van der Waals surface area contributed by atoms with Gasteiger partial charge in [-0.05, 0) is 18.7 Å². The Morgan fingerprint density at radius 3 is 2.92 bits per heavy atom. The van der Waals surface area contributed by atoms with Crippen LogP contribution in [0.1, 0.15) is 6.92 Å². The van der Waals surface area contributed by atoms with Gasteiger partial charge in [0.2, 0.25) is 5.88 Å². The normalized spacial score (nSPS) is 15.4. The van der Waals surface area contributed by atoms with E-state index in [1.165, 1.54) is 5.23 Å². The molecule has 7 heteroatoms. The van der Waals surface area contributed by atoms with E-state index in [4.69, 9.17) is 16.5 Å². The molecule has 5 nitrogen and oxygen atoms in total. The molecule has 0 aromatic rings. The molecule has 1 radical (unpaired) electrons. The second-order valence-corrected chi connectivity index (χ2v) is 2.13. The molecule has 0 saturated carbocycles. The molecule has 1 aliphatic rings. The van der Waals surface area contributed by atoms with Crippen LogP contribution >= 0.6 is 11.8 Å². The van der Waals surface area contributed by atoms with Gasteiger partial charge in [0.05, 0.1) is 12.8 Å². The Bertz CT molecular complexity index is 208. The predicted octanol–water partition coefficient (Wildman–Crippen LogP) is -0.0521. The van der Waals surface area contributed by atoms with Crippen LogP contribution < -0.4 is 10.4 Å². The molecular formula is C5H9ClN4NaO. The first kappa shape index (κ1) is 12.1. The van der Waals surface area contributed by atoms with Gasteiger partial charge in [0, 0.05) is 35.6 Å². The van der Waals surface area contributed by atoms with Gasteiger partial charge in [0.15, 0.2) is 0 Å². The maximum Gasteiger partial charge on any atom is 0.209 e. The van der Waals surface area contributed by atoms with Gasteiger partial charge in [-0.3, -0.25) is 0 Å². The molecule has 0 aliphatic carbocycles.